The van der Waals surface area contributed by atoms with E-state index in [1.54, 1.807) is 0 Å². The van der Waals surface area contributed by atoms with Crippen LogP contribution in [0.25, 0.3) is 22.0 Å². The molecular weight excluding hydrogens is 424 g/mol. The molecule has 1 unspecified atom stereocenters. The van der Waals surface area contributed by atoms with Gasteiger partial charge in [-0.1, -0.05) is 11.6 Å². The summed E-state index contributed by atoms with van der Waals surface area (Å²) in [5.41, 5.74) is 14.7. The summed E-state index contributed by atoms with van der Waals surface area (Å²) in [5, 5.41) is 11.8. The number of hydrogen-bond acceptors (Lipinski definition) is 5. The fourth-order valence-electron chi connectivity index (χ4n) is 5.27. The zero-order valence-electron chi connectivity index (χ0n) is 20.5. The number of nitrogens with two attached hydrogens (primary N) is 1. The largest absolute Gasteiger partial charge is 0.506 e. The van der Waals surface area contributed by atoms with Gasteiger partial charge in [0, 0.05) is 42.5 Å². The van der Waals surface area contributed by atoms with Gasteiger partial charge in [0.15, 0.2) is 0 Å². The molecule has 0 spiro atoms. The van der Waals surface area contributed by atoms with Gasteiger partial charge in [0.2, 0.25) is 0 Å². The third kappa shape index (κ3) is 4.01. The minimum atomic E-state index is -0.286. The molecule has 2 aromatic heterocycles. The second kappa shape index (κ2) is 8.93. The highest BCUT2D eigenvalue weighted by molar-refractivity contribution is 5.94. The van der Waals surface area contributed by atoms with Crippen LogP contribution in [0.1, 0.15) is 51.8 Å². The summed E-state index contributed by atoms with van der Waals surface area (Å²) >= 11 is 0. The molecule has 5 rings (SSSR count). The van der Waals surface area contributed by atoms with Gasteiger partial charge in [-0.25, -0.2) is 4.98 Å². The topological polar surface area (TPSA) is 76.5 Å². The Bertz CT molecular complexity index is 1280. The number of benzene rings is 1. The van der Waals surface area contributed by atoms with E-state index in [1.165, 1.54) is 16.7 Å². The third-order valence-corrected chi connectivity index (χ3v) is 7.07. The average Bonchev–Trinajstić information content (AvgIpc) is 3.37. The van der Waals surface area contributed by atoms with Crippen molar-refractivity contribution in [3.8, 4) is 16.9 Å². The first kappa shape index (κ1) is 22.7. The highest BCUT2D eigenvalue weighted by Gasteiger charge is 2.24. The van der Waals surface area contributed by atoms with Crippen LogP contribution in [0.15, 0.2) is 59.5 Å². The number of hydrogen-bond donors (Lipinski definition) is 2. The van der Waals surface area contributed by atoms with Crippen LogP contribution in [0, 0.1) is 0 Å². The van der Waals surface area contributed by atoms with Gasteiger partial charge in [-0.15, -0.1) is 0 Å². The van der Waals surface area contributed by atoms with Gasteiger partial charge in [0.1, 0.15) is 11.6 Å². The smallest absolute Gasteiger partial charge is 0.141 e. The third-order valence-electron chi connectivity index (χ3n) is 7.07. The van der Waals surface area contributed by atoms with Crippen molar-refractivity contribution >= 4 is 16.7 Å². The lowest BCUT2D eigenvalue weighted by Crippen LogP contribution is -2.36. The molecule has 6 heteroatoms. The van der Waals surface area contributed by atoms with Crippen LogP contribution in [-0.2, 0) is 4.74 Å². The molecule has 1 aromatic carbocycles. The van der Waals surface area contributed by atoms with Crippen molar-refractivity contribution in [2.24, 2.45) is 5.73 Å². The van der Waals surface area contributed by atoms with Crippen LogP contribution in [-0.4, -0.2) is 41.0 Å². The van der Waals surface area contributed by atoms with Crippen LogP contribution in [0.3, 0.4) is 0 Å². The lowest BCUT2D eigenvalue weighted by Gasteiger charge is -2.27. The number of nitrogens with zero attached hydrogens (tertiary/aromatic N) is 3. The van der Waals surface area contributed by atoms with Gasteiger partial charge in [0.25, 0.3) is 0 Å². The molecule has 0 radical (unpaired) electrons. The fraction of sp³-hybridized carbons (Fsp3) is 0.393. The van der Waals surface area contributed by atoms with Crippen molar-refractivity contribution < 1.29 is 9.84 Å². The molecule has 3 aromatic rings. The van der Waals surface area contributed by atoms with Crippen molar-refractivity contribution in [3.63, 3.8) is 0 Å². The molecule has 3 heterocycles. The van der Waals surface area contributed by atoms with Crippen LogP contribution < -0.4 is 10.6 Å². The van der Waals surface area contributed by atoms with Crippen molar-refractivity contribution in [3.05, 3.63) is 65.0 Å². The maximum Gasteiger partial charge on any atom is 0.141 e. The second-order valence-electron chi connectivity index (χ2n) is 9.83. The Hall–Kier alpha value is -3.09. The fourth-order valence-corrected chi connectivity index (χ4v) is 5.27. The molecule has 6 nitrogen and oxygen atoms in total. The summed E-state index contributed by atoms with van der Waals surface area (Å²) in [4.78, 5) is 7.02. The summed E-state index contributed by atoms with van der Waals surface area (Å²) in [5.74, 6) is 1.25. The molecule has 0 saturated carbocycles. The van der Waals surface area contributed by atoms with Crippen molar-refractivity contribution in [1.82, 2.24) is 9.55 Å². The summed E-state index contributed by atoms with van der Waals surface area (Å²) in [6.45, 7) is 11.7. The number of aromatic hydroxyl groups is 1. The standard InChI is InChI=1S/C28H34N4O2/c1-17(2)32-16-25(33)27-23(28(29)22-12-18(3)11-19(22)4)13-21(14-24(27)32)20-5-6-26(30-15-20)31-7-9-34-10-8-31/h5-6,11,13-17,28,33H,7-10,12,29H2,1-4H3. The van der Waals surface area contributed by atoms with E-state index in [1.807, 2.05) is 12.4 Å². The normalized spacial score (nSPS) is 17.7. The van der Waals surface area contributed by atoms with Crippen molar-refractivity contribution in [1.29, 1.82) is 0 Å². The van der Waals surface area contributed by atoms with Gasteiger partial charge < -0.3 is 25.0 Å². The Morgan fingerprint density at radius 2 is 1.85 bits per heavy atom. The predicted molar refractivity (Wildman–Crippen MR) is 138 cm³/mol. The monoisotopic (exact) mass is 458 g/mol. The minimum absolute atomic E-state index is 0.209. The van der Waals surface area contributed by atoms with Gasteiger partial charge in [-0.05, 0) is 80.7 Å². The lowest BCUT2D eigenvalue weighted by molar-refractivity contribution is 0.122. The number of rotatable bonds is 5. The Morgan fingerprint density at radius 3 is 2.47 bits per heavy atom. The summed E-state index contributed by atoms with van der Waals surface area (Å²) in [6.07, 6.45) is 6.86. The van der Waals surface area contributed by atoms with E-state index in [0.717, 1.165) is 66.1 Å². The molecule has 1 saturated heterocycles. The molecule has 34 heavy (non-hydrogen) atoms. The number of aromatic nitrogens is 2. The molecule has 178 valence electrons. The van der Waals surface area contributed by atoms with E-state index in [4.69, 9.17) is 15.5 Å². The van der Waals surface area contributed by atoms with Crippen LogP contribution in [0.2, 0.25) is 0 Å². The zero-order chi connectivity index (χ0) is 24.0. The Balaban J connectivity index is 1.61. The maximum absolute atomic E-state index is 10.9. The van der Waals surface area contributed by atoms with Gasteiger partial charge in [-0.2, -0.15) is 0 Å². The first-order chi connectivity index (χ1) is 16.3. The zero-order valence-corrected chi connectivity index (χ0v) is 20.5. The molecule has 0 bridgehead atoms. The average molecular weight is 459 g/mol. The van der Waals surface area contributed by atoms with Crippen LogP contribution in [0.4, 0.5) is 5.82 Å². The SMILES string of the molecule is CC1=CC(C)=C(C(N)c2cc(-c3ccc(N4CCOCC4)nc3)cc3c2c(O)cn3C(C)C)C1. The number of anilines is 1. The van der Waals surface area contributed by atoms with E-state index in [0.29, 0.717) is 0 Å². The van der Waals surface area contributed by atoms with E-state index < -0.39 is 0 Å². The molecule has 1 aliphatic carbocycles. The van der Waals surface area contributed by atoms with Crippen LogP contribution >= 0.6 is 0 Å². The number of fused-ring (bicyclic) bond motifs is 1. The Kier molecular flexibility index (Phi) is 5.96. The van der Waals surface area contributed by atoms with E-state index in [9.17, 15) is 5.11 Å². The molecule has 1 aliphatic heterocycles. The molecule has 0 amide bonds. The summed E-state index contributed by atoms with van der Waals surface area (Å²) < 4.78 is 7.59. The number of allylic oxidation sites excluding steroid dienone is 3. The Morgan fingerprint density at radius 1 is 1.09 bits per heavy atom. The van der Waals surface area contributed by atoms with Crippen LogP contribution in [0.5, 0.6) is 5.75 Å². The highest BCUT2D eigenvalue weighted by Crippen LogP contribution is 2.42. The molecular formula is C28H34N4O2. The number of ether oxygens (including phenoxy) is 1. The molecule has 1 atom stereocenters. The first-order valence-electron chi connectivity index (χ1n) is 12.1. The second-order valence-corrected chi connectivity index (χ2v) is 9.83. The number of morpholine rings is 1. The number of pyridine rings is 1. The quantitative estimate of drug-likeness (QED) is 0.528. The minimum Gasteiger partial charge on any atom is -0.506 e. The molecule has 1 fully saturated rings. The summed E-state index contributed by atoms with van der Waals surface area (Å²) in [6, 6.07) is 8.42. The van der Waals surface area contributed by atoms with E-state index in [-0.39, 0.29) is 17.8 Å². The van der Waals surface area contributed by atoms with Crippen molar-refractivity contribution in [2.75, 3.05) is 31.2 Å². The van der Waals surface area contributed by atoms with E-state index in [2.05, 4.69) is 67.5 Å². The Labute approximate surface area is 201 Å². The predicted octanol–water partition coefficient (Wildman–Crippen LogP) is 5.49. The van der Waals surface area contributed by atoms with E-state index >= 15 is 0 Å². The van der Waals surface area contributed by atoms with Gasteiger partial charge >= 0.3 is 0 Å². The summed E-state index contributed by atoms with van der Waals surface area (Å²) in [7, 11) is 0. The van der Waals surface area contributed by atoms with Crippen molar-refractivity contribution in [2.45, 2.75) is 46.2 Å². The lowest BCUT2D eigenvalue weighted by atomic mass is 9.90. The van der Waals surface area contributed by atoms with Gasteiger partial charge in [-0.3, -0.25) is 0 Å². The maximum atomic E-state index is 10.9. The molecule has 2 aliphatic rings. The van der Waals surface area contributed by atoms with Gasteiger partial charge in [0.05, 0.1) is 24.8 Å². The first-order valence-corrected chi connectivity index (χ1v) is 12.1. The highest BCUT2D eigenvalue weighted by atomic mass is 16.5. The molecule has 3 N–H and O–H groups in total.